The molecule has 0 atom stereocenters. The molecule has 2 heterocycles. The Morgan fingerprint density at radius 2 is 2.20 bits per heavy atom. The fourth-order valence-electron chi connectivity index (χ4n) is 1.40. The summed E-state index contributed by atoms with van der Waals surface area (Å²) in [5.41, 5.74) is 0. The molecular weight excluding hydrogens is 366 g/mol. The molecule has 1 aromatic rings. The minimum Gasteiger partial charge on any atom is -0.206 e. The van der Waals surface area contributed by atoms with Crippen LogP contribution in [0.1, 0.15) is 0 Å². The van der Waals surface area contributed by atoms with Crippen LogP contribution in [0.2, 0.25) is 0 Å². The molecular formula is C8H9Br2NO2S2. The largest absolute Gasteiger partial charge is 0.253 e. The van der Waals surface area contributed by atoms with Gasteiger partial charge in [0.25, 0.3) is 10.0 Å². The van der Waals surface area contributed by atoms with E-state index in [0.29, 0.717) is 27.7 Å². The second-order valence-corrected chi connectivity index (χ2v) is 7.95. The molecule has 0 amide bonds. The Hall–Kier alpha value is 0.570. The summed E-state index contributed by atoms with van der Waals surface area (Å²) in [5.74, 6) is 0.457. The first-order chi connectivity index (χ1) is 7.05. The summed E-state index contributed by atoms with van der Waals surface area (Å²) in [6, 6.07) is 1.76. The van der Waals surface area contributed by atoms with Gasteiger partial charge in [-0.05, 0) is 33.3 Å². The average molecular weight is 375 g/mol. The van der Waals surface area contributed by atoms with E-state index in [1.165, 1.54) is 15.6 Å². The SMILES string of the molecule is O=S(=O)(c1sccc1Br)N1CC(CBr)C1. The number of thiophene rings is 1. The van der Waals surface area contributed by atoms with Crippen molar-refractivity contribution >= 4 is 53.2 Å². The van der Waals surface area contributed by atoms with Crippen LogP contribution in [0, 0.1) is 5.92 Å². The van der Waals surface area contributed by atoms with Crippen LogP contribution in [0.3, 0.4) is 0 Å². The van der Waals surface area contributed by atoms with Crippen molar-refractivity contribution in [2.24, 2.45) is 5.92 Å². The molecule has 0 saturated carbocycles. The summed E-state index contributed by atoms with van der Waals surface area (Å²) in [4.78, 5) is 0. The molecule has 0 aliphatic carbocycles. The van der Waals surface area contributed by atoms with Gasteiger partial charge in [0.1, 0.15) is 4.21 Å². The Labute approximate surface area is 110 Å². The van der Waals surface area contributed by atoms with Crippen molar-refractivity contribution in [1.29, 1.82) is 0 Å². The maximum absolute atomic E-state index is 12.0. The van der Waals surface area contributed by atoms with Crippen molar-refractivity contribution in [3.8, 4) is 0 Å². The molecule has 0 spiro atoms. The number of hydrogen-bond acceptors (Lipinski definition) is 3. The van der Waals surface area contributed by atoms with Crippen molar-refractivity contribution in [2.45, 2.75) is 4.21 Å². The molecule has 7 heteroatoms. The molecule has 84 valence electrons. The van der Waals surface area contributed by atoms with Crippen molar-refractivity contribution in [2.75, 3.05) is 18.4 Å². The lowest BCUT2D eigenvalue weighted by Crippen LogP contribution is -2.50. The summed E-state index contributed by atoms with van der Waals surface area (Å²) < 4.78 is 26.7. The summed E-state index contributed by atoms with van der Waals surface area (Å²) in [6.07, 6.45) is 0. The normalized spacial score (nSPS) is 19.1. The van der Waals surface area contributed by atoms with E-state index in [1.807, 2.05) is 0 Å². The van der Waals surface area contributed by atoms with E-state index in [9.17, 15) is 8.42 Å². The molecule has 1 aliphatic heterocycles. The lowest BCUT2D eigenvalue weighted by molar-refractivity contribution is 0.224. The Balaban J connectivity index is 2.19. The fraction of sp³-hybridized carbons (Fsp3) is 0.500. The molecule has 3 nitrogen and oxygen atoms in total. The Morgan fingerprint density at radius 3 is 2.67 bits per heavy atom. The first-order valence-electron chi connectivity index (χ1n) is 4.35. The van der Waals surface area contributed by atoms with E-state index in [2.05, 4.69) is 31.9 Å². The predicted molar refractivity (Wildman–Crippen MR) is 68.1 cm³/mol. The monoisotopic (exact) mass is 373 g/mol. The number of sulfonamides is 1. The standard InChI is InChI=1S/C8H9Br2NO2S2/c9-3-6-4-11(5-6)15(12,13)8-7(10)1-2-14-8/h1-2,6H,3-5H2. The van der Waals surface area contributed by atoms with Gasteiger partial charge >= 0.3 is 0 Å². The minimum absolute atomic E-state index is 0.413. The highest BCUT2D eigenvalue weighted by Crippen LogP contribution is 2.33. The molecule has 1 aromatic heterocycles. The number of halogens is 2. The molecule has 0 radical (unpaired) electrons. The fourth-order valence-corrected chi connectivity index (χ4v) is 5.85. The number of hydrogen-bond donors (Lipinski definition) is 0. The molecule has 0 N–H and O–H groups in total. The number of rotatable bonds is 3. The van der Waals surface area contributed by atoms with Gasteiger partial charge in [-0.25, -0.2) is 8.42 Å². The Kier molecular flexibility index (Phi) is 3.57. The van der Waals surface area contributed by atoms with Crippen molar-refractivity contribution < 1.29 is 8.42 Å². The van der Waals surface area contributed by atoms with Gasteiger partial charge in [-0.2, -0.15) is 4.31 Å². The summed E-state index contributed by atoms with van der Waals surface area (Å²) >= 11 is 7.86. The molecule has 0 unspecified atom stereocenters. The average Bonchev–Trinajstić information content (AvgIpc) is 2.49. The first kappa shape index (κ1) is 12.0. The van der Waals surface area contributed by atoms with Crippen LogP contribution >= 0.6 is 43.2 Å². The third-order valence-corrected chi connectivity index (χ3v) is 7.70. The van der Waals surface area contributed by atoms with E-state index in [4.69, 9.17) is 0 Å². The van der Waals surface area contributed by atoms with E-state index < -0.39 is 10.0 Å². The van der Waals surface area contributed by atoms with E-state index in [0.717, 1.165) is 5.33 Å². The molecule has 0 aromatic carbocycles. The predicted octanol–water partition coefficient (Wildman–Crippen LogP) is 2.53. The van der Waals surface area contributed by atoms with Gasteiger partial charge in [0.05, 0.1) is 0 Å². The topological polar surface area (TPSA) is 37.4 Å². The van der Waals surface area contributed by atoms with Crippen LogP contribution in [0.5, 0.6) is 0 Å². The quantitative estimate of drug-likeness (QED) is 0.762. The summed E-state index contributed by atoms with van der Waals surface area (Å²) in [7, 11) is -3.25. The lowest BCUT2D eigenvalue weighted by atomic mass is 10.1. The Morgan fingerprint density at radius 1 is 1.53 bits per heavy atom. The smallest absolute Gasteiger partial charge is 0.206 e. The second-order valence-electron chi connectivity index (χ2n) is 3.40. The van der Waals surface area contributed by atoms with Gasteiger partial charge in [0.15, 0.2) is 0 Å². The summed E-state index contributed by atoms with van der Waals surface area (Å²) in [5, 5.41) is 2.64. The van der Waals surface area contributed by atoms with Crippen molar-refractivity contribution in [3.63, 3.8) is 0 Å². The van der Waals surface area contributed by atoms with Crippen LogP contribution in [-0.2, 0) is 10.0 Å². The highest BCUT2D eigenvalue weighted by molar-refractivity contribution is 9.10. The van der Waals surface area contributed by atoms with Gasteiger partial charge in [0, 0.05) is 22.9 Å². The molecule has 15 heavy (non-hydrogen) atoms. The van der Waals surface area contributed by atoms with E-state index in [-0.39, 0.29) is 0 Å². The number of alkyl halides is 1. The third-order valence-electron chi connectivity index (χ3n) is 2.30. The lowest BCUT2D eigenvalue weighted by Gasteiger charge is -2.36. The van der Waals surface area contributed by atoms with Gasteiger partial charge < -0.3 is 0 Å². The molecule has 1 saturated heterocycles. The minimum atomic E-state index is -3.25. The van der Waals surface area contributed by atoms with Crippen LogP contribution in [-0.4, -0.2) is 31.1 Å². The van der Waals surface area contributed by atoms with Crippen molar-refractivity contribution in [1.82, 2.24) is 4.31 Å². The zero-order chi connectivity index (χ0) is 11.1. The summed E-state index contributed by atoms with van der Waals surface area (Å²) in [6.45, 7) is 1.25. The van der Waals surface area contributed by atoms with Gasteiger partial charge in [-0.15, -0.1) is 11.3 Å². The van der Waals surface area contributed by atoms with Crippen LogP contribution in [0.4, 0.5) is 0 Å². The first-order valence-corrected chi connectivity index (χ1v) is 8.58. The maximum Gasteiger partial charge on any atom is 0.253 e. The number of nitrogens with zero attached hydrogens (tertiary/aromatic N) is 1. The van der Waals surface area contributed by atoms with E-state index in [1.54, 1.807) is 11.4 Å². The Bertz CT molecular complexity index is 451. The maximum atomic E-state index is 12.0. The van der Waals surface area contributed by atoms with Crippen LogP contribution < -0.4 is 0 Å². The van der Waals surface area contributed by atoms with Gasteiger partial charge in [0.2, 0.25) is 0 Å². The second kappa shape index (κ2) is 4.44. The highest BCUT2D eigenvalue weighted by atomic mass is 79.9. The zero-order valence-electron chi connectivity index (χ0n) is 7.69. The van der Waals surface area contributed by atoms with E-state index >= 15 is 0 Å². The molecule has 1 aliphatic rings. The van der Waals surface area contributed by atoms with Crippen LogP contribution in [0.25, 0.3) is 0 Å². The van der Waals surface area contributed by atoms with Gasteiger partial charge in [-0.1, -0.05) is 15.9 Å². The van der Waals surface area contributed by atoms with Crippen molar-refractivity contribution in [3.05, 3.63) is 15.9 Å². The molecule has 0 bridgehead atoms. The highest BCUT2D eigenvalue weighted by Gasteiger charge is 2.37. The molecule has 1 fully saturated rings. The zero-order valence-corrected chi connectivity index (χ0v) is 12.5. The third kappa shape index (κ3) is 2.17. The van der Waals surface area contributed by atoms with Gasteiger partial charge in [-0.3, -0.25) is 0 Å². The van der Waals surface area contributed by atoms with Crippen LogP contribution in [0.15, 0.2) is 20.1 Å². The molecule has 2 rings (SSSR count).